The van der Waals surface area contributed by atoms with Gasteiger partial charge in [0.2, 0.25) is 0 Å². The summed E-state index contributed by atoms with van der Waals surface area (Å²) in [7, 11) is 5.54. The molecule has 4 rings (SSSR count). The lowest BCUT2D eigenvalue weighted by Gasteiger charge is -2.40. The number of benzene rings is 2. The molecule has 3 aromatic rings. The molecule has 27 heavy (non-hydrogen) atoms. The van der Waals surface area contributed by atoms with Crippen molar-refractivity contribution in [3.8, 4) is 11.5 Å². The van der Waals surface area contributed by atoms with E-state index in [2.05, 4.69) is 57.4 Å². The van der Waals surface area contributed by atoms with Gasteiger partial charge in [-0.2, -0.15) is 5.10 Å². The number of aromatic nitrogens is 2. The third kappa shape index (κ3) is 3.45. The number of hydrogen-bond acceptors (Lipinski definition) is 5. The summed E-state index contributed by atoms with van der Waals surface area (Å²) in [6, 6.07) is 14.9. The topological polar surface area (TPSA) is 53.6 Å². The van der Waals surface area contributed by atoms with E-state index in [0.29, 0.717) is 6.04 Å². The van der Waals surface area contributed by atoms with Crippen molar-refractivity contribution >= 4 is 16.7 Å². The summed E-state index contributed by atoms with van der Waals surface area (Å²) in [5, 5.41) is 8.92. The van der Waals surface area contributed by atoms with E-state index >= 15 is 0 Å². The van der Waals surface area contributed by atoms with E-state index < -0.39 is 0 Å². The monoisotopic (exact) mass is 366 g/mol. The molecule has 1 aromatic heterocycles. The standard InChI is InChI=1S/C21H26N4O2/c1-24-10-11-25(21-17-6-4-5-7-18(17)22-23-21)14-16(24)12-15-8-9-19(26-2)20(13-15)27-3/h4-9,13,16H,10-12,14H2,1-3H3,(H,22,23)/t16-/m0/s1. The van der Waals surface area contributed by atoms with Crippen molar-refractivity contribution in [1.29, 1.82) is 0 Å². The number of para-hydroxylation sites is 1. The maximum Gasteiger partial charge on any atom is 0.160 e. The van der Waals surface area contributed by atoms with E-state index in [0.717, 1.165) is 48.9 Å². The molecule has 0 bridgehead atoms. The van der Waals surface area contributed by atoms with Crippen LogP contribution in [0.15, 0.2) is 42.5 Å². The fourth-order valence-electron chi connectivity index (χ4n) is 3.83. The van der Waals surface area contributed by atoms with E-state index in [1.165, 1.54) is 10.9 Å². The zero-order valence-electron chi connectivity index (χ0n) is 16.1. The molecule has 1 saturated heterocycles. The van der Waals surface area contributed by atoms with Crippen molar-refractivity contribution < 1.29 is 9.47 Å². The average molecular weight is 366 g/mol. The third-order valence-electron chi connectivity index (χ3n) is 5.45. The molecular weight excluding hydrogens is 340 g/mol. The van der Waals surface area contributed by atoms with Crippen LogP contribution in [0.4, 0.5) is 5.82 Å². The van der Waals surface area contributed by atoms with Gasteiger partial charge in [0.05, 0.1) is 19.7 Å². The molecule has 6 nitrogen and oxygen atoms in total. The highest BCUT2D eigenvalue weighted by Gasteiger charge is 2.27. The Labute approximate surface area is 159 Å². The Bertz CT molecular complexity index is 923. The van der Waals surface area contributed by atoms with Gasteiger partial charge in [-0.3, -0.25) is 10.00 Å². The Kier molecular flexibility index (Phi) is 4.90. The van der Waals surface area contributed by atoms with Crippen LogP contribution in [0.25, 0.3) is 10.9 Å². The van der Waals surface area contributed by atoms with Crippen molar-refractivity contribution in [2.24, 2.45) is 0 Å². The molecule has 1 aliphatic rings. The Balaban J connectivity index is 1.54. The van der Waals surface area contributed by atoms with E-state index in [-0.39, 0.29) is 0 Å². The van der Waals surface area contributed by atoms with Crippen LogP contribution in [-0.4, -0.2) is 62.0 Å². The first-order chi connectivity index (χ1) is 13.2. The van der Waals surface area contributed by atoms with Gasteiger partial charge in [-0.25, -0.2) is 0 Å². The summed E-state index contributed by atoms with van der Waals surface area (Å²) in [5.41, 5.74) is 2.33. The Morgan fingerprint density at radius 2 is 1.89 bits per heavy atom. The van der Waals surface area contributed by atoms with Crippen molar-refractivity contribution in [2.75, 3.05) is 45.8 Å². The SMILES string of the molecule is COc1ccc(C[C@H]2CN(c3n[nH]c4ccccc34)CCN2C)cc1OC. The highest BCUT2D eigenvalue weighted by Crippen LogP contribution is 2.30. The normalized spacial score (nSPS) is 18.0. The first kappa shape index (κ1) is 17.7. The van der Waals surface area contributed by atoms with Crippen LogP contribution in [0, 0.1) is 0 Å². The first-order valence-corrected chi connectivity index (χ1v) is 9.29. The van der Waals surface area contributed by atoms with Gasteiger partial charge in [-0.1, -0.05) is 18.2 Å². The lowest BCUT2D eigenvalue weighted by Crippen LogP contribution is -2.52. The van der Waals surface area contributed by atoms with Gasteiger partial charge in [0, 0.05) is 31.1 Å². The Morgan fingerprint density at radius 1 is 1.07 bits per heavy atom. The molecule has 0 radical (unpaired) electrons. The summed E-state index contributed by atoms with van der Waals surface area (Å²) in [4.78, 5) is 4.83. The van der Waals surface area contributed by atoms with Gasteiger partial charge in [-0.05, 0) is 43.3 Å². The number of fused-ring (bicyclic) bond motifs is 1. The van der Waals surface area contributed by atoms with Gasteiger partial charge in [0.1, 0.15) is 0 Å². The van der Waals surface area contributed by atoms with E-state index in [4.69, 9.17) is 9.47 Å². The molecule has 0 aliphatic carbocycles. The molecule has 0 saturated carbocycles. The number of nitrogens with zero attached hydrogens (tertiary/aromatic N) is 3. The molecule has 1 fully saturated rings. The van der Waals surface area contributed by atoms with E-state index in [9.17, 15) is 0 Å². The predicted molar refractivity (Wildman–Crippen MR) is 108 cm³/mol. The number of methoxy groups -OCH3 is 2. The second-order valence-corrected chi connectivity index (χ2v) is 7.07. The van der Waals surface area contributed by atoms with Crippen LogP contribution in [0.2, 0.25) is 0 Å². The fourth-order valence-corrected chi connectivity index (χ4v) is 3.83. The molecular formula is C21H26N4O2. The van der Waals surface area contributed by atoms with Crippen molar-refractivity contribution in [3.05, 3.63) is 48.0 Å². The van der Waals surface area contributed by atoms with E-state index in [1.54, 1.807) is 14.2 Å². The van der Waals surface area contributed by atoms with Crippen LogP contribution < -0.4 is 14.4 Å². The third-order valence-corrected chi connectivity index (χ3v) is 5.45. The van der Waals surface area contributed by atoms with Gasteiger partial charge < -0.3 is 14.4 Å². The maximum atomic E-state index is 5.46. The number of likely N-dealkylation sites (N-methyl/N-ethyl adjacent to an activating group) is 1. The van der Waals surface area contributed by atoms with Gasteiger partial charge in [-0.15, -0.1) is 0 Å². The Hall–Kier alpha value is -2.73. The smallest absolute Gasteiger partial charge is 0.160 e. The number of aromatic amines is 1. The number of ether oxygens (including phenoxy) is 2. The summed E-state index contributed by atoms with van der Waals surface area (Å²) < 4.78 is 10.8. The quantitative estimate of drug-likeness (QED) is 0.752. The van der Waals surface area contributed by atoms with E-state index in [1.807, 2.05) is 12.1 Å². The van der Waals surface area contributed by atoms with Crippen LogP contribution in [0.5, 0.6) is 11.5 Å². The Morgan fingerprint density at radius 3 is 2.70 bits per heavy atom. The van der Waals surface area contributed by atoms with Crippen LogP contribution in [-0.2, 0) is 6.42 Å². The molecule has 2 aromatic carbocycles. The summed E-state index contributed by atoms with van der Waals surface area (Å²) in [5.74, 6) is 2.60. The molecule has 142 valence electrons. The van der Waals surface area contributed by atoms with Crippen molar-refractivity contribution in [3.63, 3.8) is 0 Å². The minimum Gasteiger partial charge on any atom is -0.493 e. The summed E-state index contributed by atoms with van der Waals surface area (Å²) >= 11 is 0. The minimum atomic E-state index is 0.410. The fraction of sp³-hybridized carbons (Fsp3) is 0.381. The molecule has 0 spiro atoms. The first-order valence-electron chi connectivity index (χ1n) is 9.29. The van der Waals surface area contributed by atoms with Crippen LogP contribution in [0.1, 0.15) is 5.56 Å². The van der Waals surface area contributed by atoms with Crippen LogP contribution in [0.3, 0.4) is 0 Å². The van der Waals surface area contributed by atoms with Gasteiger partial charge in [0.25, 0.3) is 0 Å². The second-order valence-electron chi connectivity index (χ2n) is 7.07. The number of H-pyrrole nitrogens is 1. The highest BCUT2D eigenvalue weighted by molar-refractivity contribution is 5.90. The second kappa shape index (κ2) is 7.48. The summed E-state index contributed by atoms with van der Waals surface area (Å²) in [6.07, 6.45) is 0.954. The number of nitrogens with one attached hydrogen (secondary N) is 1. The molecule has 1 atom stereocenters. The molecule has 0 unspecified atom stereocenters. The van der Waals surface area contributed by atoms with Crippen molar-refractivity contribution in [2.45, 2.75) is 12.5 Å². The molecule has 0 amide bonds. The van der Waals surface area contributed by atoms with Crippen molar-refractivity contribution in [1.82, 2.24) is 15.1 Å². The highest BCUT2D eigenvalue weighted by atomic mass is 16.5. The number of anilines is 1. The van der Waals surface area contributed by atoms with Crippen LogP contribution >= 0.6 is 0 Å². The minimum absolute atomic E-state index is 0.410. The lowest BCUT2D eigenvalue weighted by molar-refractivity contribution is 0.217. The average Bonchev–Trinajstić information content (AvgIpc) is 3.13. The number of piperazine rings is 1. The zero-order chi connectivity index (χ0) is 18.8. The summed E-state index contributed by atoms with van der Waals surface area (Å²) in [6.45, 7) is 2.94. The molecule has 2 heterocycles. The maximum absolute atomic E-state index is 5.46. The number of hydrogen-bond donors (Lipinski definition) is 1. The number of rotatable bonds is 5. The zero-order valence-corrected chi connectivity index (χ0v) is 16.1. The lowest BCUT2D eigenvalue weighted by atomic mass is 10.0. The molecule has 1 N–H and O–H groups in total. The largest absolute Gasteiger partial charge is 0.493 e. The predicted octanol–water partition coefficient (Wildman–Crippen LogP) is 2.94. The van der Waals surface area contributed by atoms with Gasteiger partial charge in [0.15, 0.2) is 17.3 Å². The van der Waals surface area contributed by atoms with Gasteiger partial charge >= 0.3 is 0 Å². The molecule has 6 heteroatoms. The molecule has 1 aliphatic heterocycles.